The maximum Gasteiger partial charge on any atom is 0.316 e. The van der Waals surface area contributed by atoms with Crippen LogP contribution in [0.5, 0.6) is 11.5 Å². The van der Waals surface area contributed by atoms with Gasteiger partial charge in [0.1, 0.15) is 23.7 Å². The number of carbonyl (C=O) groups is 1. The van der Waals surface area contributed by atoms with Crippen LogP contribution in [0.3, 0.4) is 0 Å². The van der Waals surface area contributed by atoms with Crippen molar-refractivity contribution in [3.63, 3.8) is 0 Å². The van der Waals surface area contributed by atoms with Crippen LogP contribution in [0, 0.1) is 5.92 Å². The Hall–Kier alpha value is -2.85. The van der Waals surface area contributed by atoms with E-state index in [1.807, 2.05) is 67.6 Å². The maximum absolute atomic E-state index is 12.5. The van der Waals surface area contributed by atoms with Gasteiger partial charge in [0.25, 0.3) is 0 Å². The molecule has 0 spiro atoms. The second-order valence-corrected chi connectivity index (χ2v) is 6.52. The van der Waals surface area contributed by atoms with Gasteiger partial charge in [-0.15, -0.1) is 0 Å². The van der Waals surface area contributed by atoms with Crippen molar-refractivity contribution in [3.05, 3.63) is 72.3 Å². The minimum Gasteiger partial charge on any atom is -0.497 e. The Kier molecular flexibility index (Phi) is 4.35. The van der Waals surface area contributed by atoms with E-state index in [0.717, 1.165) is 22.1 Å². The third-order valence-electron chi connectivity index (χ3n) is 4.76. The molecule has 4 nitrogen and oxygen atoms in total. The van der Waals surface area contributed by atoms with Crippen LogP contribution in [-0.4, -0.2) is 19.2 Å². The van der Waals surface area contributed by atoms with Crippen molar-refractivity contribution in [2.24, 2.45) is 5.92 Å². The third-order valence-corrected chi connectivity index (χ3v) is 4.76. The van der Waals surface area contributed by atoms with Gasteiger partial charge in [-0.2, -0.15) is 0 Å². The number of benzene rings is 3. The summed E-state index contributed by atoms with van der Waals surface area (Å²) in [5.74, 6) is 0.734. The van der Waals surface area contributed by atoms with Gasteiger partial charge < -0.3 is 14.2 Å². The quantitative estimate of drug-likeness (QED) is 0.386. The van der Waals surface area contributed by atoms with E-state index >= 15 is 0 Å². The van der Waals surface area contributed by atoms with Crippen LogP contribution in [0.2, 0.25) is 0 Å². The summed E-state index contributed by atoms with van der Waals surface area (Å²) >= 11 is 0. The highest BCUT2D eigenvalue weighted by atomic mass is 16.6. The average molecular weight is 348 g/mol. The molecule has 1 aliphatic rings. The molecule has 0 radical (unpaired) electrons. The first kappa shape index (κ1) is 16.6. The Morgan fingerprint density at radius 2 is 1.62 bits per heavy atom. The van der Waals surface area contributed by atoms with E-state index in [4.69, 9.17) is 14.2 Å². The van der Waals surface area contributed by atoms with E-state index in [1.54, 1.807) is 13.2 Å². The summed E-state index contributed by atoms with van der Waals surface area (Å²) in [6.07, 6.45) is -0.155. The van der Waals surface area contributed by atoms with Crippen molar-refractivity contribution in [1.29, 1.82) is 0 Å². The van der Waals surface area contributed by atoms with E-state index in [2.05, 4.69) is 0 Å². The number of esters is 1. The van der Waals surface area contributed by atoms with Crippen molar-refractivity contribution in [2.45, 2.75) is 19.1 Å². The van der Waals surface area contributed by atoms with Crippen LogP contribution in [0.4, 0.5) is 0 Å². The standard InChI is InChI=1S/C22H20O4/c1-14(20-21(26-20)15-6-4-3-5-7-15)22(23)25-19-11-9-16-12-18(24-2)10-8-17(16)13-19/h3-14,20-21H,1-2H3. The van der Waals surface area contributed by atoms with Crippen LogP contribution in [0.1, 0.15) is 18.6 Å². The minimum absolute atomic E-state index is 0.0252. The van der Waals surface area contributed by atoms with Crippen molar-refractivity contribution in [1.82, 2.24) is 0 Å². The van der Waals surface area contributed by atoms with Gasteiger partial charge in [-0.1, -0.05) is 42.5 Å². The van der Waals surface area contributed by atoms with E-state index in [1.165, 1.54) is 0 Å². The van der Waals surface area contributed by atoms with Crippen LogP contribution in [0.15, 0.2) is 66.7 Å². The highest BCUT2D eigenvalue weighted by Crippen LogP contribution is 2.43. The maximum atomic E-state index is 12.5. The van der Waals surface area contributed by atoms with E-state index in [9.17, 15) is 4.79 Å². The zero-order valence-electron chi connectivity index (χ0n) is 14.7. The highest BCUT2D eigenvalue weighted by Gasteiger charge is 2.47. The molecule has 1 aliphatic heterocycles. The normalized spacial score (nSPS) is 19.8. The molecule has 0 bridgehead atoms. The second-order valence-electron chi connectivity index (χ2n) is 6.52. The number of methoxy groups -OCH3 is 1. The number of hydrogen-bond donors (Lipinski definition) is 0. The first-order valence-corrected chi connectivity index (χ1v) is 8.65. The summed E-state index contributed by atoms with van der Waals surface area (Å²) in [6.45, 7) is 1.85. The third kappa shape index (κ3) is 3.28. The lowest BCUT2D eigenvalue weighted by Gasteiger charge is -2.10. The molecule has 26 heavy (non-hydrogen) atoms. The van der Waals surface area contributed by atoms with Crippen LogP contribution >= 0.6 is 0 Å². The lowest BCUT2D eigenvalue weighted by Crippen LogP contribution is -2.22. The largest absolute Gasteiger partial charge is 0.497 e. The molecule has 0 amide bonds. The summed E-state index contributed by atoms with van der Waals surface area (Å²) in [5.41, 5.74) is 1.09. The van der Waals surface area contributed by atoms with Gasteiger partial charge in [-0.3, -0.25) is 4.79 Å². The predicted octanol–water partition coefficient (Wildman–Crippen LogP) is 4.53. The zero-order chi connectivity index (χ0) is 18.1. The Balaban J connectivity index is 1.44. The van der Waals surface area contributed by atoms with Crippen LogP contribution in [-0.2, 0) is 9.53 Å². The molecule has 1 heterocycles. The second kappa shape index (κ2) is 6.81. The van der Waals surface area contributed by atoms with Crippen molar-refractivity contribution >= 4 is 16.7 Å². The summed E-state index contributed by atoms with van der Waals surface area (Å²) in [6, 6.07) is 21.3. The molecule has 0 aromatic heterocycles. The minimum atomic E-state index is -0.327. The molecular formula is C22H20O4. The lowest BCUT2D eigenvalue weighted by atomic mass is 10.0. The summed E-state index contributed by atoms with van der Waals surface area (Å²) < 4.78 is 16.5. The SMILES string of the molecule is COc1ccc2cc(OC(=O)C(C)C3OC3c3ccccc3)ccc2c1. The molecule has 3 unspecified atom stereocenters. The number of ether oxygens (including phenoxy) is 3. The van der Waals surface area contributed by atoms with Gasteiger partial charge in [-0.05, 0) is 47.5 Å². The number of carbonyl (C=O) groups excluding carboxylic acids is 1. The predicted molar refractivity (Wildman–Crippen MR) is 99.4 cm³/mol. The molecule has 0 N–H and O–H groups in total. The lowest BCUT2D eigenvalue weighted by molar-refractivity contribution is -0.138. The summed E-state index contributed by atoms with van der Waals surface area (Å²) in [7, 11) is 1.64. The topological polar surface area (TPSA) is 48.1 Å². The molecule has 3 aromatic rings. The van der Waals surface area contributed by atoms with Crippen molar-refractivity contribution in [2.75, 3.05) is 7.11 Å². The van der Waals surface area contributed by atoms with Crippen molar-refractivity contribution < 1.29 is 19.0 Å². The van der Waals surface area contributed by atoms with Gasteiger partial charge in [0, 0.05) is 0 Å². The molecule has 0 saturated carbocycles. The fourth-order valence-electron chi connectivity index (χ4n) is 3.15. The Morgan fingerprint density at radius 1 is 0.962 bits per heavy atom. The van der Waals surface area contributed by atoms with Crippen LogP contribution < -0.4 is 9.47 Å². The van der Waals surface area contributed by atoms with Crippen LogP contribution in [0.25, 0.3) is 10.8 Å². The Labute approximate surface area is 152 Å². The number of hydrogen-bond acceptors (Lipinski definition) is 4. The molecule has 4 rings (SSSR count). The van der Waals surface area contributed by atoms with Gasteiger partial charge in [-0.25, -0.2) is 0 Å². The van der Waals surface area contributed by atoms with Gasteiger partial charge in [0.05, 0.1) is 13.0 Å². The first-order valence-electron chi connectivity index (χ1n) is 8.65. The smallest absolute Gasteiger partial charge is 0.316 e. The van der Waals surface area contributed by atoms with Gasteiger partial charge >= 0.3 is 5.97 Å². The molecule has 3 aromatic carbocycles. The number of epoxide rings is 1. The molecule has 3 atom stereocenters. The first-order chi connectivity index (χ1) is 12.7. The molecule has 4 heteroatoms. The molecule has 1 saturated heterocycles. The van der Waals surface area contributed by atoms with Gasteiger partial charge in [0.2, 0.25) is 0 Å². The fraction of sp³-hybridized carbons (Fsp3) is 0.227. The van der Waals surface area contributed by atoms with E-state index in [0.29, 0.717) is 5.75 Å². The summed E-state index contributed by atoms with van der Waals surface area (Å²) in [5, 5.41) is 2.03. The molecular weight excluding hydrogens is 328 g/mol. The fourth-order valence-corrected chi connectivity index (χ4v) is 3.15. The van der Waals surface area contributed by atoms with Gasteiger partial charge in [0.15, 0.2) is 0 Å². The van der Waals surface area contributed by atoms with E-state index < -0.39 is 0 Å². The number of fused-ring (bicyclic) bond motifs is 1. The monoisotopic (exact) mass is 348 g/mol. The van der Waals surface area contributed by atoms with E-state index in [-0.39, 0.29) is 24.1 Å². The average Bonchev–Trinajstić information content (AvgIpc) is 3.48. The summed E-state index contributed by atoms with van der Waals surface area (Å²) in [4.78, 5) is 12.5. The Morgan fingerprint density at radius 3 is 2.31 bits per heavy atom. The molecule has 0 aliphatic carbocycles. The number of rotatable bonds is 5. The Bertz CT molecular complexity index is 935. The zero-order valence-corrected chi connectivity index (χ0v) is 14.7. The molecule has 132 valence electrons. The van der Waals surface area contributed by atoms with Crippen molar-refractivity contribution in [3.8, 4) is 11.5 Å². The highest BCUT2D eigenvalue weighted by molar-refractivity contribution is 5.86. The molecule has 1 fully saturated rings.